The molecule has 1 aromatic rings. The van der Waals surface area contributed by atoms with E-state index in [0.717, 1.165) is 25.5 Å². The van der Waals surface area contributed by atoms with E-state index >= 15 is 0 Å². The summed E-state index contributed by atoms with van der Waals surface area (Å²) in [5.74, 6) is 1.83. The summed E-state index contributed by atoms with van der Waals surface area (Å²) in [5, 5.41) is 3.59. The fourth-order valence-electron chi connectivity index (χ4n) is 2.09. The molecular weight excluding hydrogens is 230 g/mol. The first-order chi connectivity index (χ1) is 8.36. The van der Waals surface area contributed by atoms with Gasteiger partial charge in [0.25, 0.3) is 0 Å². The van der Waals surface area contributed by atoms with Gasteiger partial charge >= 0.3 is 0 Å². The van der Waals surface area contributed by atoms with Gasteiger partial charge in [0.1, 0.15) is 0 Å². The third-order valence-corrected chi connectivity index (χ3v) is 4.27. The molecule has 0 aromatic heterocycles. The van der Waals surface area contributed by atoms with Crippen LogP contribution in [0.25, 0.3) is 0 Å². The van der Waals surface area contributed by atoms with E-state index in [0.29, 0.717) is 12.0 Å². The van der Waals surface area contributed by atoms with E-state index in [1.165, 1.54) is 11.3 Å². The average molecular weight is 251 g/mol. The number of benzene rings is 1. The maximum atomic E-state index is 5.41. The van der Waals surface area contributed by atoms with Gasteiger partial charge in [0.2, 0.25) is 0 Å². The first-order valence-electron chi connectivity index (χ1n) is 6.35. The van der Waals surface area contributed by atoms with Gasteiger partial charge in [-0.15, -0.1) is 11.8 Å². The molecule has 0 saturated carbocycles. The first-order valence-corrected chi connectivity index (χ1v) is 7.34. The predicted molar refractivity (Wildman–Crippen MR) is 73.6 cm³/mol. The summed E-state index contributed by atoms with van der Waals surface area (Å²) in [7, 11) is 0. The van der Waals surface area contributed by atoms with Crippen molar-refractivity contribution in [1.29, 1.82) is 0 Å². The molecule has 3 heteroatoms. The highest BCUT2D eigenvalue weighted by atomic mass is 32.2. The second-order valence-electron chi connectivity index (χ2n) is 4.53. The Bertz CT molecular complexity index is 311. The summed E-state index contributed by atoms with van der Waals surface area (Å²) in [5.41, 5.74) is 0. The molecule has 2 rings (SSSR count). The van der Waals surface area contributed by atoms with Gasteiger partial charge in [-0.1, -0.05) is 18.2 Å². The minimum atomic E-state index is 0.578. The maximum Gasteiger partial charge on any atom is 0.0509 e. The average Bonchev–Trinajstić information content (AvgIpc) is 2.89. The van der Waals surface area contributed by atoms with Crippen molar-refractivity contribution in [2.75, 3.05) is 25.5 Å². The van der Waals surface area contributed by atoms with Crippen molar-refractivity contribution in [2.24, 2.45) is 5.92 Å². The van der Waals surface area contributed by atoms with Gasteiger partial charge in [0.05, 0.1) is 6.61 Å². The highest BCUT2D eigenvalue weighted by Crippen LogP contribution is 2.18. The van der Waals surface area contributed by atoms with E-state index in [4.69, 9.17) is 4.74 Å². The zero-order valence-electron chi connectivity index (χ0n) is 10.4. The second kappa shape index (κ2) is 7.04. The highest BCUT2D eigenvalue weighted by Gasteiger charge is 2.21. The van der Waals surface area contributed by atoms with Crippen molar-refractivity contribution in [1.82, 2.24) is 5.32 Å². The molecule has 1 aliphatic rings. The first kappa shape index (κ1) is 12.9. The van der Waals surface area contributed by atoms with E-state index in [9.17, 15) is 0 Å². The molecule has 0 aliphatic carbocycles. The van der Waals surface area contributed by atoms with E-state index in [-0.39, 0.29) is 0 Å². The van der Waals surface area contributed by atoms with Crippen LogP contribution < -0.4 is 5.32 Å². The van der Waals surface area contributed by atoms with Crippen LogP contribution in [0.4, 0.5) is 0 Å². The molecule has 0 radical (unpaired) electrons. The molecule has 1 N–H and O–H groups in total. The summed E-state index contributed by atoms with van der Waals surface area (Å²) < 4.78 is 5.41. The maximum absolute atomic E-state index is 5.41. The number of nitrogens with one attached hydrogen (secondary N) is 1. The van der Waals surface area contributed by atoms with Crippen LogP contribution in [0.15, 0.2) is 35.2 Å². The van der Waals surface area contributed by atoms with E-state index in [1.54, 1.807) is 0 Å². The van der Waals surface area contributed by atoms with Gasteiger partial charge in [-0.25, -0.2) is 0 Å². The van der Waals surface area contributed by atoms with Gasteiger partial charge < -0.3 is 10.1 Å². The topological polar surface area (TPSA) is 21.3 Å². The monoisotopic (exact) mass is 251 g/mol. The minimum Gasteiger partial charge on any atom is -0.381 e. The quantitative estimate of drug-likeness (QED) is 0.620. The van der Waals surface area contributed by atoms with Crippen molar-refractivity contribution in [3.05, 3.63) is 30.3 Å². The van der Waals surface area contributed by atoms with Gasteiger partial charge in [-0.2, -0.15) is 0 Å². The molecule has 1 heterocycles. The van der Waals surface area contributed by atoms with E-state index < -0.39 is 0 Å². The molecule has 1 saturated heterocycles. The molecule has 0 unspecified atom stereocenters. The minimum absolute atomic E-state index is 0.578. The van der Waals surface area contributed by atoms with Crippen LogP contribution in [-0.4, -0.2) is 31.6 Å². The van der Waals surface area contributed by atoms with Crippen LogP contribution in [0.3, 0.4) is 0 Å². The van der Waals surface area contributed by atoms with Gasteiger partial charge in [-0.05, 0) is 31.4 Å². The number of rotatable bonds is 6. The Kier molecular flexibility index (Phi) is 5.36. The summed E-state index contributed by atoms with van der Waals surface area (Å²) in [6.45, 7) is 5.21. The lowest BCUT2D eigenvalue weighted by molar-refractivity contribution is 0.178. The number of hydrogen-bond donors (Lipinski definition) is 1. The Morgan fingerprint density at radius 2 is 2.24 bits per heavy atom. The molecule has 17 heavy (non-hydrogen) atoms. The lowest BCUT2D eigenvalue weighted by atomic mass is 10.0. The van der Waals surface area contributed by atoms with Crippen molar-refractivity contribution in [3.8, 4) is 0 Å². The van der Waals surface area contributed by atoms with Crippen LogP contribution in [0.1, 0.15) is 13.3 Å². The molecule has 2 nitrogen and oxygen atoms in total. The largest absolute Gasteiger partial charge is 0.381 e. The summed E-state index contributed by atoms with van der Waals surface area (Å²) >= 11 is 1.91. The van der Waals surface area contributed by atoms with Crippen molar-refractivity contribution < 1.29 is 4.74 Å². The lowest BCUT2D eigenvalue weighted by Gasteiger charge is -2.18. The van der Waals surface area contributed by atoms with Crippen LogP contribution in [0, 0.1) is 5.92 Å². The molecule has 0 spiro atoms. The highest BCUT2D eigenvalue weighted by molar-refractivity contribution is 7.99. The Hall–Kier alpha value is -0.510. The third-order valence-electron chi connectivity index (χ3n) is 3.25. The standard InChI is InChI=1S/C14H21NOS/c1-12(13-7-9-16-11-13)15-8-10-17-14-5-3-2-4-6-14/h2-6,12-13,15H,7-11H2,1H3/t12-,13+/m1/s1. The van der Waals surface area contributed by atoms with Crippen LogP contribution in [0.2, 0.25) is 0 Å². The molecule has 0 amide bonds. The zero-order valence-corrected chi connectivity index (χ0v) is 11.2. The Labute approximate surface area is 108 Å². The molecule has 1 fully saturated rings. The third kappa shape index (κ3) is 4.34. The van der Waals surface area contributed by atoms with Crippen LogP contribution in [0.5, 0.6) is 0 Å². The zero-order chi connectivity index (χ0) is 11.9. The van der Waals surface area contributed by atoms with Crippen molar-refractivity contribution in [2.45, 2.75) is 24.3 Å². The summed E-state index contributed by atoms with van der Waals surface area (Å²) in [4.78, 5) is 1.35. The van der Waals surface area contributed by atoms with E-state index in [2.05, 4.69) is 42.6 Å². The van der Waals surface area contributed by atoms with Crippen LogP contribution >= 0.6 is 11.8 Å². The lowest BCUT2D eigenvalue weighted by Crippen LogP contribution is -2.35. The number of thioether (sulfide) groups is 1. The fourth-order valence-corrected chi connectivity index (χ4v) is 2.89. The molecular formula is C14H21NOS. The SMILES string of the molecule is C[C@@H](NCCSc1ccccc1)[C@H]1CCOC1. The number of ether oxygens (including phenoxy) is 1. The van der Waals surface area contributed by atoms with Gasteiger partial charge in [0, 0.05) is 29.8 Å². The Morgan fingerprint density at radius 1 is 1.41 bits per heavy atom. The van der Waals surface area contributed by atoms with Gasteiger partial charge in [0.15, 0.2) is 0 Å². The fraction of sp³-hybridized carbons (Fsp3) is 0.571. The molecule has 94 valence electrons. The summed E-state index contributed by atoms with van der Waals surface area (Å²) in [6.07, 6.45) is 1.21. The summed E-state index contributed by atoms with van der Waals surface area (Å²) in [6, 6.07) is 11.2. The van der Waals surface area contributed by atoms with Crippen molar-refractivity contribution in [3.63, 3.8) is 0 Å². The predicted octanol–water partition coefficient (Wildman–Crippen LogP) is 2.79. The van der Waals surface area contributed by atoms with Crippen molar-refractivity contribution >= 4 is 11.8 Å². The Balaban J connectivity index is 1.59. The van der Waals surface area contributed by atoms with E-state index in [1.807, 2.05) is 11.8 Å². The number of hydrogen-bond acceptors (Lipinski definition) is 3. The van der Waals surface area contributed by atoms with Gasteiger partial charge in [-0.3, -0.25) is 0 Å². The molecule has 2 atom stereocenters. The van der Waals surface area contributed by atoms with Crippen LogP contribution in [-0.2, 0) is 4.74 Å². The second-order valence-corrected chi connectivity index (χ2v) is 5.70. The molecule has 1 aliphatic heterocycles. The normalized spacial score (nSPS) is 21.6. The smallest absolute Gasteiger partial charge is 0.0509 e. The molecule has 0 bridgehead atoms. The Morgan fingerprint density at radius 3 is 2.94 bits per heavy atom. The molecule has 1 aromatic carbocycles.